The van der Waals surface area contributed by atoms with Crippen molar-refractivity contribution in [2.75, 3.05) is 0 Å². The molecule has 0 aliphatic rings. The molecule has 0 nitrogen and oxygen atoms in total. The molecule has 0 saturated carbocycles. The van der Waals surface area contributed by atoms with Crippen LogP contribution < -0.4 is 0 Å². The summed E-state index contributed by atoms with van der Waals surface area (Å²) in [5.74, 6) is 0. The molecular weight excluding hydrogens is 488 g/mol. The summed E-state index contributed by atoms with van der Waals surface area (Å²) in [6, 6.07) is 53.2. The average molecular weight is 513 g/mol. The molecule has 0 fully saturated rings. The Bertz CT molecular complexity index is 2160. The first-order valence-corrected chi connectivity index (χ1v) is 14.2. The molecule has 7 aromatic carbocycles. The van der Waals surface area contributed by atoms with E-state index in [1.807, 2.05) is 11.3 Å². The lowest BCUT2D eigenvalue weighted by atomic mass is 9.90. The van der Waals surface area contributed by atoms with Crippen LogP contribution in [-0.2, 0) is 0 Å². The van der Waals surface area contributed by atoms with Gasteiger partial charge in [0.25, 0.3) is 0 Å². The van der Waals surface area contributed by atoms with Crippen LogP contribution in [0.4, 0.5) is 0 Å². The molecule has 8 aromatic rings. The third kappa shape index (κ3) is 3.59. The van der Waals surface area contributed by atoms with E-state index in [1.54, 1.807) is 0 Å². The number of hydrogen-bond acceptors (Lipinski definition) is 1. The smallest absolute Gasteiger partial charge is 0.0434 e. The molecule has 0 spiro atoms. The normalized spacial score (nSPS) is 11.6. The second-order valence-electron chi connectivity index (χ2n) is 10.1. The molecule has 0 aliphatic heterocycles. The van der Waals surface area contributed by atoms with Crippen molar-refractivity contribution in [3.05, 3.63) is 146 Å². The van der Waals surface area contributed by atoms with E-state index in [0.29, 0.717) is 0 Å². The molecule has 0 atom stereocenters. The Kier molecular flexibility index (Phi) is 5.11. The fraction of sp³-hybridized carbons (Fsp3) is 0. The molecule has 39 heavy (non-hydrogen) atoms. The minimum absolute atomic E-state index is 1.23. The number of fused-ring (bicyclic) bond motifs is 6. The standard InChI is InChI=1S/C38H24S/c1-2-12-29-27(10-1)24-36(32-15-6-5-13-30(29)32)26-22-20-25(21-23-26)28-11-3-4-14-31(28)34-17-9-18-35-33-16-7-8-19-37(33)39-38(34)35/h1-24H. The van der Waals surface area contributed by atoms with Gasteiger partial charge >= 0.3 is 0 Å². The van der Waals surface area contributed by atoms with Crippen LogP contribution in [0.15, 0.2) is 146 Å². The number of hydrogen-bond donors (Lipinski definition) is 0. The maximum Gasteiger partial charge on any atom is 0.0434 e. The highest BCUT2D eigenvalue weighted by molar-refractivity contribution is 7.26. The average Bonchev–Trinajstić information content (AvgIpc) is 3.40. The van der Waals surface area contributed by atoms with Crippen LogP contribution in [-0.4, -0.2) is 0 Å². The number of rotatable bonds is 3. The highest BCUT2D eigenvalue weighted by Crippen LogP contribution is 2.43. The predicted molar refractivity (Wildman–Crippen MR) is 171 cm³/mol. The Morgan fingerprint density at radius 1 is 0.333 bits per heavy atom. The summed E-state index contributed by atoms with van der Waals surface area (Å²) in [5, 5.41) is 7.84. The lowest BCUT2D eigenvalue weighted by molar-refractivity contribution is 1.60. The van der Waals surface area contributed by atoms with Gasteiger partial charge in [0, 0.05) is 25.7 Å². The van der Waals surface area contributed by atoms with Gasteiger partial charge in [0.15, 0.2) is 0 Å². The van der Waals surface area contributed by atoms with Crippen molar-refractivity contribution in [1.82, 2.24) is 0 Å². The fourth-order valence-corrected chi connectivity index (χ4v) is 7.28. The summed E-state index contributed by atoms with van der Waals surface area (Å²) in [7, 11) is 0. The van der Waals surface area contributed by atoms with E-state index in [9.17, 15) is 0 Å². The first kappa shape index (κ1) is 22.3. The first-order chi connectivity index (χ1) is 19.3. The van der Waals surface area contributed by atoms with Crippen molar-refractivity contribution in [1.29, 1.82) is 0 Å². The summed E-state index contributed by atoms with van der Waals surface area (Å²) in [4.78, 5) is 0. The van der Waals surface area contributed by atoms with Crippen LogP contribution in [0.5, 0.6) is 0 Å². The molecule has 0 N–H and O–H groups in total. The number of thiophene rings is 1. The van der Waals surface area contributed by atoms with Crippen LogP contribution >= 0.6 is 11.3 Å². The molecule has 0 unspecified atom stereocenters. The molecule has 1 heterocycles. The van der Waals surface area contributed by atoms with E-state index in [4.69, 9.17) is 0 Å². The molecule has 0 radical (unpaired) electrons. The lowest BCUT2D eigenvalue weighted by Crippen LogP contribution is -1.87. The third-order valence-electron chi connectivity index (χ3n) is 7.90. The van der Waals surface area contributed by atoms with Crippen molar-refractivity contribution in [3.63, 3.8) is 0 Å². The van der Waals surface area contributed by atoms with Crippen molar-refractivity contribution in [2.45, 2.75) is 0 Å². The van der Waals surface area contributed by atoms with Gasteiger partial charge < -0.3 is 0 Å². The minimum atomic E-state index is 1.23. The molecule has 0 saturated heterocycles. The second-order valence-corrected chi connectivity index (χ2v) is 11.1. The zero-order valence-electron chi connectivity index (χ0n) is 21.3. The highest BCUT2D eigenvalue weighted by Gasteiger charge is 2.14. The maximum absolute atomic E-state index is 2.34. The van der Waals surface area contributed by atoms with Gasteiger partial charge in [-0.25, -0.2) is 0 Å². The Balaban J connectivity index is 1.27. The van der Waals surface area contributed by atoms with Gasteiger partial charge in [-0.3, -0.25) is 0 Å². The Morgan fingerprint density at radius 2 is 0.897 bits per heavy atom. The molecule has 8 rings (SSSR count). The molecule has 0 amide bonds. The third-order valence-corrected chi connectivity index (χ3v) is 9.12. The van der Waals surface area contributed by atoms with E-state index < -0.39 is 0 Å². The van der Waals surface area contributed by atoms with Gasteiger partial charge in [-0.15, -0.1) is 11.3 Å². The summed E-state index contributed by atoms with van der Waals surface area (Å²) < 4.78 is 2.69. The van der Waals surface area contributed by atoms with Crippen LogP contribution in [0, 0.1) is 0 Å². The molecule has 182 valence electrons. The summed E-state index contributed by atoms with van der Waals surface area (Å²) in [5.41, 5.74) is 7.59. The summed E-state index contributed by atoms with van der Waals surface area (Å²) in [6.07, 6.45) is 0. The van der Waals surface area contributed by atoms with Crippen LogP contribution in [0.1, 0.15) is 0 Å². The Labute approximate surface area is 231 Å². The summed E-state index contributed by atoms with van der Waals surface area (Å²) in [6.45, 7) is 0. The monoisotopic (exact) mass is 512 g/mol. The van der Waals surface area contributed by atoms with E-state index in [0.717, 1.165) is 0 Å². The van der Waals surface area contributed by atoms with Crippen molar-refractivity contribution >= 4 is 53.1 Å². The quantitative estimate of drug-likeness (QED) is 0.207. The fourth-order valence-electron chi connectivity index (χ4n) is 6.05. The van der Waals surface area contributed by atoms with Gasteiger partial charge in [0.2, 0.25) is 0 Å². The second kappa shape index (κ2) is 8.94. The molecule has 1 heteroatoms. The van der Waals surface area contributed by atoms with E-state index in [1.165, 1.54) is 75.1 Å². The molecule has 1 aromatic heterocycles. The van der Waals surface area contributed by atoms with Crippen LogP contribution in [0.25, 0.3) is 75.1 Å². The van der Waals surface area contributed by atoms with E-state index in [2.05, 4.69) is 146 Å². The van der Waals surface area contributed by atoms with Crippen LogP contribution in [0.2, 0.25) is 0 Å². The summed E-state index contributed by atoms with van der Waals surface area (Å²) >= 11 is 1.89. The topological polar surface area (TPSA) is 0 Å². The highest BCUT2D eigenvalue weighted by atomic mass is 32.1. The van der Waals surface area contributed by atoms with Crippen molar-refractivity contribution in [2.24, 2.45) is 0 Å². The molecule has 0 bridgehead atoms. The first-order valence-electron chi connectivity index (χ1n) is 13.4. The zero-order chi connectivity index (χ0) is 25.8. The maximum atomic E-state index is 2.34. The van der Waals surface area contributed by atoms with Crippen molar-refractivity contribution < 1.29 is 0 Å². The van der Waals surface area contributed by atoms with E-state index >= 15 is 0 Å². The van der Waals surface area contributed by atoms with Gasteiger partial charge in [-0.1, -0.05) is 133 Å². The van der Waals surface area contributed by atoms with Crippen LogP contribution in [0.3, 0.4) is 0 Å². The molecular formula is C38H24S. The predicted octanol–water partition coefficient (Wildman–Crippen LogP) is 11.4. The molecule has 0 aliphatic carbocycles. The van der Waals surface area contributed by atoms with Gasteiger partial charge in [-0.05, 0) is 61.5 Å². The Hall–Kier alpha value is -4.72. The SMILES string of the molecule is c1ccc(-c2cccc3c2sc2ccccc23)c(-c2ccc(-c3cc4ccccc4c4ccccc34)cc2)c1. The van der Waals surface area contributed by atoms with E-state index in [-0.39, 0.29) is 0 Å². The van der Waals surface area contributed by atoms with Gasteiger partial charge in [0.1, 0.15) is 0 Å². The van der Waals surface area contributed by atoms with Gasteiger partial charge in [0.05, 0.1) is 0 Å². The zero-order valence-corrected chi connectivity index (χ0v) is 22.1. The largest absolute Gasteiger partial charge is 0.135 e. The van der Waals surface area contributed by atoms with Crippen molar-refractivity contribution in [3.8, 4) is 33.4 Å². The minimum Gasteiger partial charge on any atom is -0.135 e. The number of benzene rings is 7. The van der Waals surface area contributed by atoms with Gasteiger partial charge in [-0.2, -0.15) is 0 Å². The Morgan fingerprint density at radius 3 is 1.72 bits per heavy atom. The lowest BCUT2D eigenvalue weighted by Gasteiger charge is -2.14.